The molecule has 5 heteroatoms. The Bertz CT molecular complexity index is 294. The van der Waals surface area contributed by atoms with Gasteiger partial charge in [-0.3, -0.25) is 0 Å². The molecule has 0 amide bonds. The first kappa shape index (κ1) is 11.7. The molecular weight excluding hydrogens is 194 g/mol. The van der Waals surface area contributed by atoms with Crippen LogP contribution in [0.5, 0.6) is 0 Å². The minimum absolute atomic E-state index is 0.238. The molecule has 1 aromatic rings. The molecule has 1 heterocycles. The van der Waals surface area contributed by atoms with E-state index in [1.807, 2.05) is 19.1 Å². The fourth-order valence-corrected chi connectivity index (χ4v) is 1.12. The van der Waals surface area contributed by atoms with Gasteiger partial charge in [0.2, 0.25) is 0 Å². The van der Waals surface area contributed by atoms with Gasteiger partial charge in [0.15, 0.2) is 0 Å². The lowest BCUT2D eigenvalue weighted by Gasteiger charge is -2.11. The van der Waals surface area contributed by atoms with E-state index >= 15 is 0 Å². The Labute approximate surface area is 89.2 Å². The number of hydrogen-bond acceptors (Lipinski definition) is 5. The van der Waals surface area contributed by atoms with Crippen molar-refractivity contribution in [3.63, 3.8) is 0 Å². The third-order valence-electron chi connectivity index (χ3n) is 1.87. The van der Waals surface area contributed by atoms with Crippen LogP contribution in [0.2, 0.25) is 0 Å². The van der Waals surface area contributed by atoms with Crippen molar-refractivity contribution in [3.05, 3.63) is 18.3 Å². The summed E-state index contributed by atoms with van der Waals surface area (Å²) >= 11 is 0. The molecule has 1 atom stereocenters. The summed E-state index contributed by atoms with van der Waals surface area (Å²) in [5, 5.41) is 23.9. The number of nitrogens with zero attached hydrogens (tertiary/aromatic N) is 1. The van der Waals surface area contributed by atoms with E-state index in [9.17, 15) is 0 Å². The molecule has 0 bridgehead atoms. The molecular formula is C10H17N3O2. The highest BCUT2D eigenvalue weighted by molar-refractivity contribution is 5.51. The first-order chi connectivity index (χ1) is 7.26. The van der Waals surface area contributed by atoms with Gasteiger partial charge < -0.3 is 20.8 Å². The summed E-state index contributed by atoms with van der Waals surface area (Å²) in [5.74, 6) is 0.793. The number of anilines is 2. The van der Waals surface area contributed by atoms with E-state index in [1.165, 1.54) is 0 Å². The van der Waals surface area contributed by atoms with Crippen molar-refractivity contribution in [2.75, 3.05) is 30.3 Å². The summed E-state index contributed by atoms with van der Waals surface area (Å²) < 4.78 is 0. The number of pyridine rings is 1. The Balaban J connectivity index is 2.50. The van der Waals surface area contributed by atoms with E-state index in [1.54, 1.807) is 6.20 Å². The van der Waals surface area contributed by atoms with E-state index in [4.69, 9.17) is 10.2 Å². The molecule has 15 heavy (non-hydrogen) atoms. The third kappa shape index (κ3) is 4.14. The highest BCUT2D eigenvalue weighted by Crippen LogP contribution is 2.11. The van der Waals surface area contributed by atoms with E-state index in [2.05, 4.69) is 15.6 Å². The van der Waals surface area contributed by atoms with Crippen LogP contribution >= 0.6 is 0 Å². The second kappa shape index (κ2) is 6.21. The van der Waals surface area contributed by atoms with Gasteiger partial charge in [-0.15, -0.1) is 0 Å². The molecule has 0 aliphatic heterocycles. The Kier molecular flexibility index (Phi) is 4.86. The van der Waals surface area contributed by atoms with Crippen molar-refractivity contribution in [1.82, 2.24) is 4.98 Å². The van der Waals surface area contributed by atoms with Gasteiger partial charge in [0, 0.05) is 31.0 Å². The zero-order chi connectivity index (χ0) is 11.1. The number of aliphatic hydroxyl groups excluding tert-OH is 2. The van der Waals surface area contributed by atoms with Gasteiger partial charge in [-0.05, 0) is 13.0 Å². The zero-order valence-electron chi connectivity index (χ0n) is 8.77. The average molecular weight is 211 g/mol. The lowest BCUT2D eigenvalue weighted by atomic mass is 10.3. The fraction of sp³-hybridized carbons (Fsp3) is 0.500. The van der Waals surface area contributed by atoms with Gasteiger partial charge in [-0.2, -0.15) is 0 Å². The van der Waals surface area contributed by atoms with Crippen molar-refractivity contribution in [3.8, 4) is 0 Å². The second-order valence-electron chi connectivity index (χ2n) is 3.18. The molecule has 1 rings (SSSR count). The molecule has 0 saturated carbocycles. The smallest absolute Gasteiger partial charge is 0.127 e. The highest BCUT2D eigenvalue weighted by atomic mass is 16.3. The molecule has 0 saturated heterocycles. The molecule has 0 aromatic carbocycles. The minimum Gasteiger partial charge on any atom is -0.394 e. The van der Waals surface area contributed by atoms with Gasteiger partial charge >= 0.3 is 0 Å². The van der Waals surface area contributed by atoms with Crippen LogP contribution in [0.15, 0.2) is 18.3 Å². The highest BCUT2D eigenvalue weighted by Gasteiger charge is 2.01. The van der Waals surface area contributed by atoms with Gasteiger partial charge in [0.25, 0.3) is 0 Å². The second-order valence-corrected chi connectivity index (χ2v) is 3.18. The third-order valence-corrected chi connectivity index (χ3v) is 1.87. The molecule has 84 valence electrons. The molecule has 0 fully saturated rings. The van der Waals surface area contributed by atoms with Gasteiger partial charge in [-0.1, -0.05) is 0 Å². The molecule has 0 aliphatic rings. The number of aliphatic hydroxyl groups is 2. The topological polar surface area (TPSA) is 77.4 Å². The van der Waals surface area contributed by atoms with Crippen molar-refractivity contribution < 1.29 is 10.2 Å². The summed E-state index contributed by atoms with van der Waals surface area (Å²) in [4.78, 5) is 4.11. The lowest BCUT2D eigenvalue weighted by molar-refractivity contribution is 0.105. The van der Waals surface area contributed by atoms with Crippen molar-refractivity contribution in [1.29, 1.82) is 0 Å². The van der Waals surface area contributed by atoms with E-state index in [0.29, 0.717) is 6.54 Å². The van der Waals surface area contributed by atoms with E-state index in [0.717, 1.165) is 18.1 Å². The number of nitrogens with one attached hydrogen (secondary N) is 2. The minimum atomic E-state index is -0.735. The maximum absolute atomic E-state index is 9.15. The zero-order valence-corrected chi connectivity index (χ0v) is 8.77. The van der Waals surface area contributed by atoms with Crippen LogP contribution < -0.4 is 10.6 Å². The summed E-state index contributed by atoms with van der Waals surface area (Å²) in [6.07, 6.45) is 0.951. The SMILES string of the molecule is CCNc1cc(NCC(O)CO)ccn1. The van der Waals surface area contributed by atoms with Crippen LogP contribution in [0.3, 0.4) is 0 Å². The first-order valence-corrected chi connectivity index (χ1v) is 4.99. The van der Waals surface area contributed by atoms with Gasteiger partial charge in [0.05, 0.1) is 12.7 Å². The average Bonchev–Trinajstić information content (AvgIpc) is 2.27. The molecule has 4 N–H and O–H groups in total. The van der Waals surface area contributed by atoms with Crippen LogP contribution in [0.25, 0.3) is 0 Å². The monoisotopic (exact) mass is 211 g/mol. The van der Waals surface area contributed by atoms with E-state index < -0.39 is 6.10 Å². The Morgan fingerprint density at radius 2 is 2.27 bits per heavy atom. The summed E-state index contributed by atoms with van der Waals surface area (Å²) in [7, 11) is 0. The normalized spacial score (nSPS) is 12.2. The molecule has 0 radical (unpaired) electrons. The summed E-state index contributed by atoms with van der Waals surface area (Å²) in [6.45, 7) is 2.90. The molecule has 0 spiro atoms. The number of rotatable bonds is 6. The predicted molar refractivity (Wildman–Crippen MR) is 60.0 cm³/mol. The Hall–Kier alpha value is -1.33. The van der Waals surface area contributed by atoms with Crippen molar-refractivity contribution >= 4 is 11.5 Å². The summed E-state index contributed by atoms with van der Waals surface area (Å²) in [5.41, 5.74) is 0.869. The van der Waals surface area contributed by atoms with Crippen LogP contribution in [0.1, 0.15) is 6.92 Å². The first-order valence-electron chi connectivity index (χ1n) is 4.99. The molecule has 0 aliphatic carbocycles. The number of hydrogen-bond donors (Lipinski definition) is 4. The fourth-order valence-electron chi connectivity index (χ4n) is 1.12. The lowest BCUT2D eigenvalue weighted by Crippen LogP contribution is -2.22. The van der Waals surface area contributed by atoms with Crippen molar-refractivity contribution in [2.24, 2.45) is 0 Å². The van der Waals surface area contributed by atoms with Gasteiger partial charge in [0.1, 0.15) is 5.82 Å². The summed E-state index contributed by atoms with van der Waals surface area (Å²) in [6, 6.07) is 3.67. The number of aromatic nitrogens is 1. The van der Waals surface area contributed by atoms with E-state index in [-0.39, 0.29) is 6.61 Å². The quantitative estimate of drug-likeness (QED) is 0.543. The van der Waals surface area contributed by atoms with Crippen LogP contribution in [-0.2, 0) is 0 Å². The Morgan fingerprint density at radius 3 is 2.93 bits per heavy atom. The van der Waals surface area contributed by atoms with Crippen LogP contribution in [0, 0.1) is 0 Å². The maximum Gasteiger partial charge on any atom is 0.127 e. The largest absolute Gasteiger partial charge is 0.394 e. The van der Waals surface area contributed by atoms with Crippen molar-refractivity contribution in [2.45, 2.75) is 13.0 Å². The molecule has 1 unspecified atom stereocenters. The maximum atomic E-state index is 9.15. The van der Waals surface area contributed by atoms with Gasteiger partial charge in [-0.25, -0.2) is 4.98 Å². The molecule has 5 nitrogen and oxygen atoms in total. The predicted octanol–water partition coefficient (Wildman–Crippen LogP) is 0.278. The van der Waals surface area contributed by atoms with Crippen LogP contribution in [-0.4, -0.2) is 41.0 Å². The standard InChI is InChI=1S/C10H17N3O2/c1-2-11-10-5-8(3-4-12-10)13-6-9(15)7-14/h3-5,9,14-15H,2,6-7H2,1H3,(H2,11,12,13). The molecule has 1 aromatic heterocycles. The Morgan fingerprint density at radius 1 is 1.47 bits per heavy atom. The van der Waals surface area contributed by atoms with Crippen LogP contribution in [0.4, 0.5) is 11.5 Å².